The van der Waals surface area contributed by atoms with Crippen molar-refractivity contribution in [1.29, 1.82) is 0 Å². The molecule has 2 bridgehead atoms. The third-order valence-electron chi connectivity index (χ3n) is 4.11. The molecule has 3 saturated heterocycles. The topological polar surface area (TPSA) is 53.5 Å². The standard InChI is InChI=1S/C14H23N5O/c1-20-7-2-15-8-12-9-16-14(17-10-12)13-11-18-3-5-19(13)6-4-18/h9-10,13,15H,2-8,11H2,1H3. The summed E-state index contributed by atoms with van der Waals surface area (Å²) in [5.74, 6) is 0.968. The molecule has 1 aromatic rings. The lowest BCUT2D eigenvalue weighted by Gasteiger charge is -2.46. The molecule has 0 spiro atoms. The van der Waals surface area contributed by atoms with Gasteiger partial charge in [0.1, 0.15) is 5.82 Å². The molecule has 0 aromatic carbocycles. The van der Waals surface area contributed by atoms with Crippen molar-refractivity contribution in [2.75, 3.05) is 53.0 Å². The molecular weight excluding hydrogens is 254 g/mol. The Kier molecular flexibility index (Phi) is 4.57. The number of hydrogen-bond donors (Lipinski definition) is 1. The second kappa shape index (κ2) is 6.58. The van der Waals surface area contributed by atoms with E-state index in [9.17, 15) is 0 Å². The first-order valence-electron chi connectivity index (χ1n) is 7.33. The number of nitrogens with one attached hydrogen (secondary N) is 1. The Labute approximate surface area is 120 Å². The second-order valence-electron chi connectivity index (χ2n) is 5.47. The molecule has 1 aromatic heterocycles. The molecule has 20 heavy (non-hydrogen) atoms. The zero-order valence-corrected chi connectivity index (χ0v) is 12.1. The van der Waals surface area contributed by atoms with Crippen molar-refractivity contribution in [3.05, 3.63) is 23.8 Å². The van der Waals surface area contributed by atoms with Crippen molar-refractivity contribution >= 4 is 0 Å². The molecule has 0 saturated carbocycles. The van der Waals surface area contributed by atoms with Gasteiger partial charge in [0.25, 0.3) is 0 Å². The molecule has 3 aliphatic heterocycles. The number of ether oxygens (including phenoxy) is 1. The Morgan fingerprint density at radius 3 is 2.60 bits per heavy atom. The Morgan fingerprint density at radius 1 is 1.25 bits per heavy atom. The number of nitrogens with zero attached hydrogens (tertiary/aromatic N) is 4. The van der Waals surface area contributed by atoms with Gasteiger partial charge in [-0.05, 0) is 0 Å². The summed E-state index contributed by atoms with van der Waals surface area (Å²) in [6.07, 6.45) is 3.89. The minimum atomic E-state index is 0.382. The fourth-order valence-electron chi connectivity index (χ4n) is 2.90. The maximum atomic E-state index is 5.00. The highest BCUT2D eigenvalue weighted by atomic mass is 16.5. The average molecular weight is 277 g/mol. The molecule has 0 aliphatic carbocycles. The monoisotopic (exact) mass is 277 g/mol. The van der Waals surface area contributed by atoms with E-state index in [0.29, 0.717) is 6.04 Å². The van der Waals surface area contributed by atoms with Crippen LogP contribution in [0, 0.1) is 0 Å². The van der Waals surface area contributed by atoms with Crippen LogP contribution in [0.25, 0.3) is 0 Å². The molecule has 4 rings (SSSR count). The predicted octanol–water partition coefficient (Wildman–Crippen LogP) is -0.115. The molecule has 1 unspecified atom stereocenters. The van der Waals surface area contributed by atoms with Crippen LogP contribution in [0.1, 0.15) is 17.4 Å². The van der Waals surface area contributed by atoms with E-state index in [-0.39, 0.29) is 0 Å². The Hall–Kier alpha value is -1.08. The summed E-state index contributed by atoms with van der Waals surface area (Å²) in [6, 6.07) is 0.382. The fraction of sp³-hybridized carbons (Fsp3) is 0.714. The van der Waals surface area contributed by atoms with Crippen LogP contribution in [-0.2, 0) is 11.3 Å². The van der Waals surface area contributed by atoms with Crippen LogP contribution in [0.4, 0.5) is 0 Å². The predicted molar refractivity (Wildman–Crippen MR) is 76.4 cm³/mol. The van der Waals surface area contributed by atoms with E-state index in [2.05, 4.69) is 25.1 Å². The third kappa shape index (κ3) is 3.15. The number of methoxy groups -OCH3 is 1. The van der Waals surface area contributed by atoms with E-state index in [1.54, 1.807) is 7.11 Å². The van der Waals surface area contributed by atoms with Gasteiger partial charge in [0.2, 0.25) is 0 Å². The van der Waals surface area contributed by atoms with Gasteiger partial charge in [-0.3, -0.25) is 9.80 Å². The van der Waals surface area contributed by atoms with Gasteiger partial charge >= 0.3 is 0 Å². The largest absolute Gasteiger partial charge is 0.383 e. The molecule has 110 valence electrons. The molecule has 4 heterocycles. The number of aromatic nitrogens is 2. The van der Waals surface area contributed by atoms with E-state index in [1.807, 2.05) is 12.4 Å². The van der Waals surface area contributed by atoms with E-state index >= 15 is 0 Å². The van der Waals surface area contributed by atoms with Crippen LogP contribution in [0.3, 0.4) is 0 Å². The maximum absolute atomic E-state index is 5.00. The first kappa shape index (κ1) is 13.9. The normalized spacial score (nSPS) is 28.8. The zero-order valence-electron chi connectivity index (χ0n) is 12.1. The molecule has 0 amide bonds. The first-order chi connectivity index (χ1) is 9.86. The molecule has 1 N–H and O–H groups in total. The van der Waals surface area contributed by atoms with Crippen LogP contribution in [0.15, 0.2) is 12.4 Å². The second-order valence-corrected chi connectivity index (χ2v) is 5.47. The fourth-order valence-corrected chi connectivity index (χ4v) is 2.90. The molecule has 1 atom stereocenters. The Balaban J connectivity index is 1.56. The third-order valence-corrected chi connectivity index (χ3v) is 4.11. The minimum absolute atomic E-state index is 0.382. The summed E-state index contributed by atoms with van der Waals surface area (Å²) in [5.41, 5.74) is 1.13. The van der Waals surface area contributed by atoms with Crippen LogP contribution < -0.4 is 5.32 Å². The number of piperazine rings is 3. The van der Waals surface area contributed by atoms with Crippen LogP contribution in [-0.4, -0.2) is 72.8 Å². The van der Waals surface area contributed by atoms with Crippen LogP contribution in [0.2, 0.25) is 0 Å². The van der Waals surface area contributed by atoms with Crippen molar-refractivity contribution in [2.45, 2.75) is 12.6 Å². The van der Waals surface area contributed by atoms with E-state index < -0.39 is 0 Å². The SMILES string of the molecule is COCCNCc1cnc(C2CN3CCN2CC3)nc1. The van der Waals surface area contributed by atoms with Gasteiger partial charge in [-0.2, -0.15) is 0 Å². The molecule has 3 aliphatic rings. The highest BCUT2D eigenvalue weighted by Crippen LogP contribution is 2.26. The zero-order chi connectivity index (χ0) is 13.8. The summed E-state index contributed by atoms with van der Waals surface area (Å²) in [5, 5.41) is 3.30. The van der Waals surface area contributed by atoms with Crippen molar-refractivity contribution in [3.63, 3.8) is 0 Å². The number of fused-ring (bicyclic) bond motifs is 3. The summed E-state index contributed by atoms with van der Waals surface area (Å²) in [7, 11) is 1.71. The average Bonchev–Trinajstić information content (AvgIpc) is 2.53. The van der Waals surface area contributed by atoms with Gasteiger partial charge in [0, 0.05) is 70.9 Å². The highest BCUT2D eigenvalue weighted by Gasteiger charge is 2.34. The molecule has 6 heteroatoms. The summed E-state index contributed by atoms with van der Waals surface area (Å²) in [4.78, 5) is 14.2. The molecule has 6 nitrogen and oxygen atoms in total. The lowest BCUT2D eigenvalue weighted by molar-refractivity contribution is 0.00862. The van der Waals surface area contributed by atoms with Crippen molar-refractivity contribution in [2.24, 2.45) is 0 Å². The summed E-state index contributed by atoms with van der Waals surface area (Å²) < 4.78 is 5.00. The lowest BCUT2D eigenvalue weighted by atomic mass is 10.1. The van der Waals surface area contributed by atoms with Gasteiger partial charge in [0.15, 0.2) is 0 Å². The van der Waals surface area contributed by atoms with Gasteiger partial charge in [-0.1, -0.05) is 0 Å². The van der Waals surface area contributed by atoms with Gasteiger partial charge < -0.3 is 10.1 Å². The number of rotatable bonds is 6. The summed E-state index contributed by atoms with van der Waals surface area (Å²) >= 11 is 0. The molecule has 3 fully saturated rings. The van der Waals surface area contributed by atoms with Crippen molar-refractivity contribution in [1.82, 2.24) is 25.1 Å². The van der Waals surface area contributed by atoms with Gasteiger partial charge in [-0.15, -0.1) is 0 Å². The van der Waals surface area contributed by atoms with E-state index in [0.717, 1.165) is 50.7 Å². The molecular formula is C14H23N5O. The minimum Gasteiger partial charge on any atom is -0.383 e. The van der Waals surface area contributed by atoms with E-state index in [4.69, 9.17) is 4.74 Å². The lowest BCUT2D eigenvalue weighted by Crippen LogP contribution is -2.57. The van der Waals surface area contributed by atoms with Gasteiger partial charge in [0.05, 0.1) is 12.6 Å². The van der Waals surface area contributed by atoms with Gasteiger partial charge in [-0.25, -0.2) is 9.97 Å². The van der Waals surface area contributed by atoms with Crippen LogP contribution >= 0.6 is 0 Å². The quantitative estimate of drug-likeness (QED) is 0.732. The Bertz CT molecular complexity index is 416. The van der Waals surface area contributed by atoms with Crippen molar-refractivity contribution < 1.29 is 4.74 Å². The maximum Gasteiger partial charge on any atom is 0.146 e. The number of hydrogen-bond acceptors (Lipinski definition) is 6. The smallest absolute Gasteiger partial charge is 0.146 e. The Morgan fingerprint density at radius 2 is 2.00 bits per heavy atom. The van der Waals surface area contributed by atoms with E-state index in [1.165, 1.54) is 13.1 Å². The highest BCUT2D eigenvalue weighted by molar-refractivity contribution is 5.09. The first-order valence-corrected chi connectivity index (χ1v) is 7.33. The molecule has 0 radical (unpaired) electrons. The van der Waals surface area contributed by atoms with Crippen molar-refractivity contribution in [3.8, 4) is 0 Å². The summed E-state index contributed by atoms with van der Waals surface area (Å²) in [6.45, 7) is 8.13. The van der Waals surface area contributed by atoms with Crippen LogP contribution in [0.5, 0.6) is 0 Å².